The minimum atomic E-state index is 0.613. The van der Waals surface area contributed by atoms with Crippen LogP contribution < -0.4 is 0 Å². The molecule has 0 rings (SSSR count). The van der Waals surface area contributed by atoms with E-state index >= 15 is 0 Å². The average molecular weight is 172 g/mol. The summed E-state index contributed by atoms with van der Waals surface area (Å²) >= 11 is 4.81. The molecule has 1 radical (unpaired) electrons. The summed E-state index contributed by atoms with van der Waals surface area (Å²) < 4.78 is 0. The van der Waals surface area contributed by atoms with Gasteiger partial charge >= 0.3 is 0 Å². The Morgan fingerprint density at radius 2 is 2.00 bits per heavy atom. The molecule has 65 valence electrons. The topological polar surface area (TPSA) is 3.24 Å². The van der Waals surface area contributed by atoms with Gasteiger partial charge in [0, 0.05) is 12.6 Å². The van der Waals surface area contributed by atoms with Crippen molar-refractivity contribution in [2.75, 3.05) is 6.54 Å². The van der Waals surface area contributed by atoms with Crippen LogP contribution >= 0.6 is 12.2 Å². The van der Waals surface area contributed by atoms with Gasteiger partial charge in [-0.05, 0) is 19.8 Å². The van der Waals surface area contributed by atoms with Crippen molar-refractivity contribution in [2.24, 2.45) is 0 Å². The minimum Gasteiger partial charge on any atom is -0.358 e. The van der Waals surface area contributed by atoms with Crippen molar-refractivity contribution < 1.29 is 0 Å². The van der Waals surface area contributed by atoms with Gasteiger partial charge in [-0.3, -0.25) is 0 Å². The zero-order valence-electron chi connectivity index (χ0n) is 7.76. The summed E-state index contributed by atoms with van der Waals surface area (Å²) in [5, 5.41) is 0. The third kappa shape index (κ3) is 3.71. The summed E-state index contributed by atoms with van der Waals surface area (Å²) in [5.74, 6) is 0. The molecule has 0 heterocycles. The highest BCUT2D eigenvalue weighted by Gasteiger charge is 2.10. The molecule has 11 heavy (non-hydrogen) atoms. The van der Waals surface area contributed by atoms with Crippen LogP contribution in [-0.2, 0) is 0 Å². The predicted octanol–water partition coefficient (Wildman–Crippen LogP) is 2.72. The summed E-state index contributed by atoms with van der Waals surface area (Å²) in [6.45, 7) is 7.52. The van der Waals surface area contributed by atoms with Crippen molar-refractivity contribution in [1.82, 2.24) is 4.90 Å². The van der Waals surface area contributed by atoms with Crippen LogP contribution in [0.25, 0.3) is 0 Å². The van der Waals surface area contributed by atoms with Gasteiger partial charge < -0.3 is 4.90 Å². The summed E-state index contributed by atoms with van der Waals surface area (Å²) in [6.07, 6.45) is 3.63. The lowest BCUT2D eigenvalue weighted by atomic mass is 10.1. The molecular weight excluding hydrogens is 154 g/mol. The third-order valence-electron chi connectivity index (χ3n) is 1.99. The van der Waals surface area contributed by atoms with Crippen LogP contribution in [0.1, 0.15) is 40.0 Å². The van der Waals surface area contributed by atoms with E-state index in [0.717, 1.165) is 6.54 Å². The van der Waals surface area contributed by atoms with E-state index in [9.17, 15) is 0 Å². The zero-order valence-corrected chi connectivity index (χ0v) is 8.58. The maximum absolute atomic E-state index is 4.81. The molecule has 1 nitrogen and oxygen atoms in total. The van der Waals surface area contributed by atoms with Crippen LogP contribution in [0.15, 0.2) is 0 Å². The molecule has 1 atom stereocenters. The number of nitrogens with zero attached hydrogens (tertiary/aromatic N) is 1. The molecule has 0 N–H and O–H groups in total. The summed E-state index contributed by atoms with van der Waals surface area (Å²) in [7, 11) is 0. The number of thiocarbonyl (C=S) groups is 1. The van der Waals surface area contributed by atoms with Crippen molar-refractivity contribution in [3.8, 4) is 0 Å². The number of hydrogen-bond donors (Lipinski definition) is 0. The fraction of sp³-hybridized carbons (Fsp3) is 0.889. The highest BCUT2D eigenvalue weighted by molar-refractivity contribution is 7.78. The van der Waals surface area contributed by atoms with Gasteiger partial charge in [-0.2, -0.15) is 0 Å². The van der Waals surface area contributed by atoms with Crippen LogP contribution in [0.4, 0.5) is 0 Å². The SMILES string of the molecule is CCCC(CC)N([C]=S)CC. The first-order valence-electron chi connectivity index (χ1n) is 4.44. The van der Waals surface area contributed by atoms with E-state index in [-0.39, 0.29) is 0 Å². The summed E-state index contributed by atoms with van der Waals surface area (Å²) in [5.41, 5.74) is 2.80. The first-order valence-corrected chi connectivity index (χ1v) is 4.85. The molecule has 1 unspecified atom stereocenters. The van der Waals surface area contributed by atoms with Crippen LogP contribution in [0.2, 0.25) is 0 Å². The molecule has 0 aromatic carbocycles. The van der Waals surface area contributed by atoms with Gasteiger partial charge in [0.15, 0.2) is 0 Å². The second-order valence-electron chi connectivity index (χ2n) is 2.73. The molecule has 0 fully saturated rings. The lowest BCUT2D eigenvalue weighted by molar-refractivity contribution is 0.309. The number of rotatable bonds is 6. The Morgan fingerprint density at radius 1 is 1.36 bits per heavy atom. The van der Waals surface area contributed by atoms with Crippen molar-refractivity contribution in [3.63, 3.8) is 0 Å². The minimum absolute atomic E-state index is 0.613. The van der Waals surface area contributed by atoms with Gasteiger partial charge in [-0.25, -0.2) is 0 Å². The molecular formula is C9H18NS. The van der Waals surface area contributed by atoms with Crippen molar-refractivity contribution in [1.29, 1.82) is 0 Å². The van der Waals surface area contributed by atoms with Crippen LogP contribution in [0, 0.1) is 0 Å². The molecule has 2 heteroatoms. The molecule has 0 aliphatic rings. The molecule has 0 saturated carbocycles. The van der Waals surface area contributed by atoms with E-state index in [0.29, 0.717) is 6.04 Å². The Balaban J connectivity index is 3.86. The van der Waals surface area contributed by atoms with Crippen LogP contribution in [0.3, 0.4) is 0 Å². The smallest absolute Gasteiger partial charge is 0.137 e. The Morgan fingerprint density at radius 3 is 2.27 bits per heavy atom. The van der Waals surface area contributed by atoms with Crippen molar-refractivity contribution in [2.45, 2.75) is 46.1 Å². The second kappa shape index (κ2) is 6.59. The van der Waals surface area contributed by atoms with Gasteiger partial charge in [-0.1, -0.05) is 32.5 Å². The van der Waals surface area contributed by atoms with E-state index in [4.69, 9.17) is 12.2 Å². The third-order valence-corrected chi connectivity index (χ3v) is 2.23. The Labute approximate surface area is 75.8 Å². The second-order valence-corrected chi connectivity index (χ2v) is 2.91. The maximum Gasteiger partial charge on any atom is 0.137 e. The van der Waals surface area contributed by atoms with Gasteiger partial charge in [0.05, 0.1) is 0 Å². The van der Waals surface area contributed by atoms with Gasteiger partial charge in [0.2, 0.25) is 0 Å². The lowest BCUT2D eigenvalue weighted by Gasteiger charge is -2.26. The van der Waals surface area contributed by atoms with E-state index in [1.54, 1.807) is 0 Å². The van der Waals surface area contributed by atoms with E-state index in [1.807, 2.05) is 0 Å². The fourth-order valence-electron chi connectivity index (χ4n) is 1.31. The predicted molar refractivity (Wildman–Crippen MR) is 54.0 cm³/mol. The van der Waals surface area contributed by atoms with Crippen LogP contribution in [0.5, 0.6) is 0 Å². The van der Waals surface area contributed by atoms with Gasteiger partial charge in [-0.15, -0.1) is 0 Å². The molecule has 0 spiro atoms. The normalized spacial score (nSPS) is 12.6. The first kappa shape index (κ1) is 10.9. The lowest BCUT2D eigenvalue weighted by Crippen LogP contribution is -2.32. The standard InChI is InChI=1S/C9H18NS/c1-4-7-9(5-2)10(6-3)8-11/h9H,4-7H2,1-3H3. The van der Waals surface area contributed by atoms with Crippen LogP contribution in [-0.4, -0.2) is 23.0 Å². The number of hydrogen-bond acceptors (Lipinski definition) is 1. The van der Waals surface area contributed by atoms with Gasteiger partial charge in [0.25, 0.3) is 0 Å². The monoisotopic (exact) mass is 172 g/mol. The van der Waals surface area contributed by atoms with Crippen molar-refractivity contribution in [3.05, 3.63) is 0 Å². The molecule has 0 aromatic heterocycles. The largest absolute Gasteiger partial charge is 0.358 e. The maximum atomic E-state index is 4.81. The molecule has 0 bridgehead atoms. The van der Waals surface area contributed by atoms with E-state index in [1.165, 1.54) is 19.3 Å². The molecule has 0 aliphatic carbocycles. The summed E-state index contributed by atoms with van der Waals surface area (Å²) in [4.78, 5) is 2.12. The molecule has 0 amide bonds. The Kier molecular flexibility index (Phi) is 6.52. The summed E-state index contributed by atoms with van der Waals surface area (Å²) in [6, 6.07) is 0.613. The molecule has 0 aliphatic heterocycles. The van der Waals surface area contributed by atoms with Crippen molar-refractivity contribution >= 4 is 17.7 Å². The molecule has 0 saturated heterocycles. The highest BCUT2D eigenvalue weighted by atomic mass is 32.1. The first-order chi connectivity index (χ1) is 5.29. The zero-order chi connectivity index (χ0) is 8.69. The highest BCUT2D eigenvalue weighted by Crippen LogP contribution is 2.08. The fourth-order valence-corrected chi connectivity index (χ4v) is 1.59. The average Bonchev–Trinajstić information content (AvgIpc) is 2.05. The quantitative estimate of drug-likeness (QED) is 0.448. The molecule has 0 aromatic rings. The van der Waals surface area contributed by atoms with Gasteiger partial charge in [0.1, 0.15) is 5.49 Å². The Bertz CT molecular complexity index is 104. The van der Waals surface area contributed by atoms with E-state index < -0.39 is 0 Å². The Hall–Kier alpha value is -0.110. The van der Waals surface area contributed by atoms with E-state index in [2.05, 4.69) is 31.2 Å².